The van der Waals surface area contributed by atoms with Crippen LogP contribution in [0.4, 0.5) is 0 Å². The second-order valence-electron chi connectivity index (χ2n) is 7.60. The van der Waals surface area contributed by atoms with Gasteiger partial charge in [-0.2, -0.15) is 0 Å². The zero-order chi connectivity index (χ0) is 20.9. The van der Waals surface area contributed by atoms with E-state index in [1.54, 1.807) is 18.2 Å². The van der Waals surface area contributed by atoms with Gasteiger partial charge in [0, 0.05) is 26.2 Å². The molecule has 1 aliphatic rings. The average Bonchev–Trinajstić information content (AvgIpc) is 3.29. The van der Waals surface area contributed by atoms with E-state index in [0.717, 1.165) is 38.0 Å². The Balaban J connectivity index is 1.32. The zero-order valence-corrected chi connectivity index (χ0v) is 16.6. The van der Waals surface area contributed by atoms with Crippen molar-refractivity contribution in [1.29, 1.82) is 0 Å². The van der Waals surface area contributed by atoms with Crippen molar-refractivity contribution in [3.63, 3.8) is 0 Å². The van der Waals surface area contributed by atoms with Crippen LogP contribution in [0.2, 0.25) is 0 Å². The van der Waals surface area contributed by atoms with Crippen LogP contribution in [0.3, 0.4) is 0 Å². The quantitative estimate of drug-likeness (QED) is 0.583. The number of carbonyl (C=O) groups excluding carboxylic acids is 1. The molecule has 2 aromatic heterocycles. The Kier molecular flexibility index (Phi) is 6.11. The van der Waals surface area contributed by atoms with Gasteiger partial charge in [-0.3, -0.25) is 14.5 Å². The maximum Gasteiger partial charge on any atom is 0.261 e. The fourth-order valence-electron chi connectivity index (χ4n) is 3.60. The van der Waals surface area contributed by atoms with E-state index >= 15 is 0 Å². The number of likely N-dealkylation sites (tertiary alicyclic amines) is 1. The van der Waals surface area contributed by atoms with Crippen molar-refractivity contribution in [3.8, 4) is 11.5 Å². The summed E-state index contributed by atoms with van der Waals surface area (Å²) in [6.45, 7) is 3.02. The predicted octanol–water partition coefficient (Wildman–Crippen LogP) is 2.52. The van der Waals surface area contributed by atoms with Crippen molar-refractivity contribution < 1.29 is 14.3 Å². The number of nitrogens with one attached hydrogen (secondary N) is 2. The fraction of sp³-hybridized carbons (Fsp3) is 0.304. The first kappa shape index (κ1) is 20.1. The highest BCUT2D eigenvalue weighted by atomic mass is 16.3. The summed E-state index contributed by atoms with van der Waals surface area (Å²) in [5, 5.41) is 12.4. The molecular formula is C23H25N3O4. The molecule has 7 nitrogen and oxygen atoms in total. The summed E-state index contributed by atoms with van der Waals surface area (Å²) in [6.07, 6.45) is 3.01. The number of hydrogen-bond acceptors (Lipinski definition) is 5. The van der Waals surface area contributed by atoms with Gasteiger partial charge in [-0.05, 0) is 48.2 Å². The molecule has 0 saturated carbocycles. The van der Waals surface area contributed by atoms with Gasteiger partial charge in [0.2, 0.25) is 0 Å². The number of piperidine rings is 1. The van der Waals surface area contributed by atoms with E-state index in [9.17, 15) is 14.7 Å². The minimum atomic E-state index is -0.455. The number of carbonyl (C=O) groups is 1. The normalized spacial score (nSPS) is 15.2. The molecule has 1 amide bonds. The minimum Gasteiger partial charge on any atom is -0.463 e. The molecule has 1 fully saturated rings. The Morgan fingerprint density at radius 2 is 1.83 bits per heavy atom. The summed E-state index contributed by atoms with van der Waals surface area (Å²) in [4.78, 5) is 29.7. The number of benzene rings is 1. The standard InChI is InChI=1S/C23H25N3O4/c27-18-9-11-26(12-10-18)15-17-5-3-16(4-6-17)14-24-22(28)19-7-8-20(25-23(19)29)21-2-1-13-30-21/h1-8,13,18,27H,9-12,14-15H2,(H,24,28)(H,25,29). The maximum absolute atomic E-state index is 12.4. The Morgan fingerprint density at radius 3 is 2.50 bits per heavy atom. The second-order valence-corrected chi connectivity index (χ2v) is 7.60. The van der Waals surface area contributed by atoms with E-state index in [0.29, 0.717) is 18.0 Å². The third-order valence-corrected chi connectivity index (χ3v) is 5.38. The first-order chi connectivity index (χ1) is 14.6. The number of aliphatic hydroxyl groups is 1. The molecule has 3 heterocycles. The minimum absolute atomic E-state index is 0.0641. The first-order valence-electron chi connectivity index (χ1n) is 10.1. The van der Waals surface area contributed by atoms with Crippen LogP contribution in [0.25, 0.3) is 11.5 Å². The monoisotopic (exact) mass is 407 g/mol. The smallest absolute Gasteiger partial charge is 0.261 e. The summed E-state index contributed by atoms with van der Waals surface area (Å²) in [5.74, 6) is 0.123. The molecule has 0 spiro atoms. The number of nitrogens with zero attached hydrogens (tertiary/aromatic N) is 1. The van der Waals surface area contributed by atoms with Crippen LogP contribution in [-0.4, -0.2) is 40.1 Å². The van der Waals surface area contributed by atoms with Crippen LogP contribution >= 0.6 is 0 Å². The van der Waals surface area contributed by atoms with E-state index < -0.39 is 11.5 Å². The van der Waals surface area contributed by atoms with Gasteiger partial charge < -0.3 is 19.8 Å². The number of aromatic nitrogens is 1. The molecule has 3 aromatic rings. The molecule has 0 unspecified atom stereocenters. The molecule has 30 heavy (non-hydrogen) atoms. The van der Waals surface area contributed by atoms with Gasteiger partial charge >= 0.3 is 0 Å². The maximum atomic E-state index is 12.4. The average molecular weight is 407 g/mol. The number of H-pyrrole nitrogens is 1. The lowest BCUT2D eigenvalue weighted by molar-refractivity contribution is 0.0792. The summed E-state index contributed by atoms with van der Waals surface area (Å²) in [7, 11) is 0. The van der Waals surface area contributed by atoms with Crippen LogP contribution in [-0.2, 0) is 13.1 Å². The molecule has 3 N–H and O–H groups in total. The Bertz CT molecular complexity index is 1030. The van der Waals surface area contributed by atoms with Gasteiger partial charge in [-0.15, -0.1) is 0 Å². The topological polar surface area (TPSA) is 98.6 Å². The van der Waals surface area contributed by atoms with Crippen molar-refractivity contribution in [3.05, 3.63) is 81.8 Å². The van der Waals surface area contributed by atoms with E-state index in [1.807, 2.05) is 12.1 Å². The Hall–Kier alpha value is -3.16. The predicted molar refractivity (Wildman–Crippen MR) is 113 cm³/mol. The number of aromatic amines is 1. The molecular weight excluding hydrogens is 382 g/mol. The third kappa shape index (κ3) is 4.87. The molecule has 0 aliphatic carbocycles. The summed E-state index contributed by atoms with van der Waals surface area (Å²) >= 11 is 0. The number of rotatable bonds is 6. The van der Waals surface area contributed by atoms with Crippen molar-refractivity contribution >= 4 is 5.91 Å². The highest BCUT2D eigenvalue weighted by Gasteiger charge is 2.17. The lowest BCUT2D eigenvalue weighted by Crippen LogP contribution is -2.35. The van der Waals surface area contributed by atoms with Crippen LogP contribution in [0.5, 0.6) is 0 Å². The molecule has 0 atom stereocenters. The van der Waals surface area contributed by atoms with Crippen LogP contribution in [0, 0.1) is 0 Å². The van der Waals surface area contributed by atoms with Crippen LogP contribution in [0.1, 0.15) is 34.3 Å². The Morgan fingerprint density at radius 1 is 1.10 bits per heavy atom. The number of pyridine rings is 1. The summed E-state index contributed by atoms with van der Waals surface area (Å²) in [5.41, 5.74) is 2.30. The fourth-order valence-corrected chi connectivity index (χ4v) is 3.60. The van der Waals surface area contributed by atoms with Crippen molar-refractivity contribution in [2.75, 3.05) is 13.1 Å². The molecule has 156 valence electrons. The molecule has 1 aromatic carbocycles. The highest BCUT2D eigenvalue weighted by Crippen LogP contribution is 2.16. The van der Waals surface area contributed by atoms with Crippen LogP contribution in [0.15, 0.2) is 64.0 Å². The van der Waals surface area contributed by atoms with E-state index in [-0.39, 0.29) is 11.7 Å². The number of amides is 1. The lowest BCUT2D eigenvalue weighted by Gasteiger charge is -2.29. The van der Waals surface area contributed by atoms with Crippen LogP contribution < -0.4 is 10.9 Å². The molecule has 1 saturated heterocycles. The first-order valence-corrected chi connectivity index (χ1v) is 10.1. The summed E-state index contributed by atoms with van der Waals surface area (Å²) < 4.78 is 5.26. The van der Waals surface area contributed by atoms with E-state index in [1.165, 1.54) is 17.9 Å². The zero-order valence-electron chi connectivity index (χ0n) is 16.6. The molecule has 1 aliphatic heterocycles. The van der Waals surface area contributed by atoms with E-state index in [2.05, 4.69) is 27.3 Å². The molecule has 7 heteroatoms. The highest BCUT2D eigenvalue weighted by molar-refractivity contribution is 5.93. The van der Waals surface area contributed by atoms with E-state index in [4.69, 9.17) is 4.42 Å². The lowest BCUT2D eigenvalue weighted by atomic mass is 10.1. The summed E-state index contributed by atoms with van der Waals surface area (Å²) in [6, 6.07) is 14.7. The molecule has 4 rings (SSSR count). The number of hydrogen-bond donors (Lipinski definition) is 3. The number of furan rings is 1. The largest absolute Gasteiger partial charge is 0.463 e. The molecule has 0 radical (unpaired) electrons. The number of aliphatic hydroxyl groups excluding tert-OH is 1. The van der Waals surface area contributed by atoms with Gasteiger partial charge in [-0.1, -0.05) is 24.3 Å². The van der Waals surface area contributed by atoms with Crippen molar-refractivity contribution in [2.45, 2.75) is 32.0 Å². The van der Waals surface area contributed by atoms with Gasteiger partial charge in [0.1, 0.15) is 11.3 Å². The van der Waals surface area contributed by atoms with Gasteiger partial charge in [0.15, 0.2) is 0 Å². The van der Waals surface area contributed by atoms with Gasteiger partial charge in [0.05, 0.1) is 18.1 Å². The second kappa shape index (κ2) is 9.11. The van der Waals surface area contributed by atoms with Gasteiger partial charge in [0.25, 0.3) is 11.5 Å². The SMILES string of the molecule is O=C(NCc1ccc(CN2CCC(O)CC2)cc1)c1ccc(-c2ccco2)[nH]c1=O. The Labute approximate surface area is 174 Å². The third-order valence-electron chi connectivity index (χ3n) is 5.38. The van der Waals surface area contributed by atoms with Gasteiger partial charge in [-0.25, -0.2) is 0 Å². The van der Waals surface area contributed by atoms with Crippen molar-refractivity contribution in [1.82, 2.24) is 15.2 Å². The molecule has 0 bridgehead atoms. The van der Waals surface area contributed by atoms with Crippen molar-refractivity contribution in [2.24, 2.45) is 0 Å².